The number of benzene rings is 1. The third-order valence-corrected chi connectivity index (χ3v) is 3.10. The number of amides is 1. The standard InChI is InChI=1S/C14H21BrN2O2/c1-9-5-6-12(11(15)7-9)19-10(2)13(18)17-8-14(3,4)16/h5-7,10H,8,16H2,1-4H3,(H,17,18). The molecule has 1 atom stereocenters. The Hall–Kier alpha value is -1.07. The Balaban J connectivity index is 2.59. The summed E-state index contributed by atoms with van der Waals surface area (Å²) < 4.78 is 6.47. The van der Waals surface area contributed by atoms with E-state index in [-0.39, 0.29) is 5.91 Å². The van der Waals surface area contributed by atoms with Gasteiger partial charge in [0.1, 0.15) is 5.75 Å². The van der Waals surface area contributed by atoms with Crippen LogP contribution in [0.5, 0.6) is 5.75 Å². The van der Waals surface area contributed by atoms with Gasteiger partial charge < -0.3 is 15.8 Å². The molecule has 1 aromatic carbocycles. The van der Waals surface area contributed by atoms with Gasteiger partial charge in [0.15, 0.2) is 6.10 Å². The van der Waals surface area contributed by atoms with Crippen LogP contribution in [0.3, 0.4) is 0 Å². The van der Waals surface area contributed by atoms with Gasteiger partial charge in [-0.3, -0.25) is 4.79 Å². The Morgan fingerprint density at radius 1 is 1.53 bits per heavy atom. The van der Waals surface area contributed by atoms with Crippen molar-refractivity contribution in [3.05, 3.63) is 28.2 Å². The van der Waals surface area contributed by atoms with Crippen LogP contribution in [0.2, 0.25) is 0 Å². The van der Waals surface area contributed by atoms with Gasteiger partial charge in [-0.1, -0.05) is 6.07 Å². The van der Waals surface area contributed by atoms with E-state index < -0.39 is 11.6 Å². The Morgan fingerprint density at radius 3 is 2.68 bits per heavy atom. The maximum absolute atomic E-state index is 11.9. The van der Waals surface area contributed by atoms with Crippen LogP contribution < -0.4 is 15.8 Å². The van der Waals surface area contributed by atoms with E-state index in [9.17, 15) is 4.79 Å². The molecule has 0 spiro atoms. The summed E-state index contributed by atoms with van der Waals surface area (Å²) in [5, 5.41) is 2.77. The molecular formula is C14H21BrN2O2. The molecule has 1 amide bonds. The van der Waals surface area contributed by atoms with Crippen molar-refractivity contribution in [1.82, 2.24) is 5.32 Å². The highest BCUT2D eigenvalue weighted by molar-refractivity contribution is 9.10. The summed E-state index contributed by atoms with van der Waals surface area (Å²) in [6.45, 7) is 7.83. The van der Waals surface area contributed by atoms with Gasteiger partial charge in [-0.05, 0) is 61.3 Å². The first-order valence-electron chi connectivity index (χ1n) is 6.18. The lowest BCUT2D eigenvalue weighted by molar-refractivity contribution is -0.127. The molecule has 106 valence electrons. The summed E-state index contributed by atoms with van der Waals surface area (Å²) in [5.41, 5.74) is 6.51. The van der Waals surface area contributed by atoms with Crippen molar-refractivity contribution in [2.45, 2.75) is 39.3 Å². The van der Waals surface area contributed by atoms with Crippen molar-refractivity contribution in [1.29, 1.82) is 0 Å². The van der Waals surface area contributed by atoms with E-state index in [4.69, 9.17) is 10.5 Å². The summed E-state index contributed by atoms with van der Waals surface area (Å²) in [4.78, 5) is 11.9. The number of hydrogen-bond donors (Lipinski definition) is 2. The van der Waals surface area contributed by atoms with Gasteiger partial charge in [0.25, 0.3) is 5.91 Å². The lowest BCUT2D eigenvalue weighted by Gasteiger charge is -2.21. The average Bonchev–Trinajstić information content (AvgIpc) is 2.28. The molecular weight excluding hydrogens is 308 g/mol. The highest BCUT2D eigenvalue weighted by Crippen LogP contribution is 2.26. The molecule has 4 nitrogen and oxygen atoms in total. The lowest BCUT2D eigenvalue weighted by Crippen LogP contribution is -2.48. The fourth-order valence-electron chi connectivity index (χ4n) is 1.40. The Morgan fingerprint density at radius 2 is 2.16 bits per heavy atom. The van der Waals surface area contributed by atoms with Crippen LogP contribution in [0.1, 0.15) is 26.3 Å². The molecule has 3 N–H and O–H groups in total. The topological polar surface area (TPSA) is 64.3 Å². The summed E-state index contributed by atoms with van der Waals surface area (Å²) in [6, 6.07) is 5.73. The first-order chi connectivity index (χ1) is 8.69. The number of rotatable bonds is 5. The predicted octanol–water partition coefficient (Wildman–Crippen LogP) is 2.38. The molecule has 0 saturated carbocycles. The second-order valence-electron chi connectivity index (χ2n) is 5.40. The number of ether oxygens (including phenoxy) is 1. The molecule has 1 unspecified atom stereocenters. The molecule has 0 aliphatic heterocycles. The van der Waals surface area contributed by atoms with Crippen LogP contribution >= 0.6 is 15.9 Å². The fourth-order valence-corrected chi connectivity index (χ4v) is 1.99. The molecule has 19 heavy (non-hydrogen) atoms. The van der Waals surface area contributed by atoms with E-state index in [1.54, 1.807) is 6.92 Å². The number of aryl methyl sites for hydroxylation is 1. The minimum atomic E-state index is -0.568. The third-order valence-electron chi connectivity index (χ3n) is 2.48. The van der Waals surface area contributed by atoms with Gasteiger partial charge in [-0.15, -0.1) is 0 Å². The van der Waals surface area contributed by atoms with Crippen molar-refractivity contribution in [3.63, 3.8) is 0 Å². The molecule has 1 aromatic rings. The Bertz CT molecular complexity index is 455. The van der Waals surface area contributed by atoms with E-state index in [0.717, 1.165) is 10.0 Å². The molecule has 0 aliphatic carbocycles. The highest BCUT2D eigenvalue weighted by atomic mass is 79.9. The number of nitrogens with one attached hydrogen (secondary N) is 1. The normalized spacial score (nSPS) is 12.9. The molecule has 1 rings (SSSR count). The van der Waals surface area contributed by atoms with Gasteiger partial charge in [-0.25, -0.2) is 0 Å². The van der Waals surface area contributed by atoms with Crippen molar-refractivity contribution < 1.29 is 9.53 Å². The molecule has 0 bridgehead atoms. The summed E-state index contributed by atoms with van der Waals surface area (Å²) >= 11 is 3.42. The van der Waals surface area contributed by atoms with Crippen molar-refractivity contribution in [2.24, 2.45) is 5.73 Å². The van der Waals surface area contributed by atoms with Gasteiger partial charge >= 0.3 is 0 Å². The van der Waals surface area contributed by atoms with Gasteiger partial charge in [0, 0.05) is 12.1 Å². The maximum atomic E-state index is 11.9. The summed E-state index contributed by atoms with van der Waals surface area (Å²) in [7, 11) is 0. The van der Waals surface area contributed by atoms with Crippen LogP contribution in [0.15, 0.2) is 22.7 Å². The van der Waals surface area contributed by atoms with Crippen molar-refractivity contribution in [3.8, 4) is 5.75 Å². The average molecular weight is 329 g/mol. The van der Waals surface area contributed by atoms with E-state index in [0.29, 0.717) is 12.3 Å². The van der Waals surface area contributed by atoms with Crippen molar-refractivity contribution in [2.75, 3.05) is 6.54 Å². The SMILES string of the molecule is Cc1ccc(OC(C)C(=O)NCC(C)(C)N)c(Br)c1. The van der Waals surface area contributed by atoms with E-state index in [1.807, 2.05) is 39.0 Å². The molecule has 0 heterocycles. The minimum absolute atomic E-state index is 0.175. The van der Waals surface area contributed by atoms with Crippen LogP contribution in [-0.2, 0) is 4.79 Å². The van der Waals surface area contributed by atoms with Gasteiger partial charge in [-0.2, -0.15) is 0 Å². The third kappa shape index (κ3) is 5.61. The molecule has 0 aliphatic rings. The van der Waals surface area contributed by atoms with Crippen LogP contribution in [0.25, 0.3) is 0 Å². The first kappa shape index (κ1) is 16.0. The first-order valence-corrected chi connectivity index (χ1v) is 6.98. The predicted molar refractivity (Wildman–Crippen MR) is 80.2 cm³/mol. The molecule has 0 radical (unpaired) electrons. The lowest BCUT2D eigenvalue weighted by atomic mass is 10.1. The monoisotopic (exact) mass is 328 g/mol. The fraction of sp³-hybridized carbons (Fsp3) is 0.500. The van der Waals surface area contributed by atoms with Crippen LogP contribution in [0, 0.1) is 6.92 Å². The quantitative estimate of drug-likeness (QED) is 0.872. The molecule has 0 fully saturated rings. The van der Waals surface area contributed by atoms with E-state index in [1.165, 1.54) is 0 Å². The zero-order valence-corrected chi connectivity index (χ0v) is 13.4. The zero-order chi connectivity index (χ0) is 14.6. The Labute approximate surface area is 122 Å². The van der Waals surface area contributed by atoms with E-state index in [2.05, 4.69) is 21.2 Å². The second-order valence-corrected chi connectivity index (χ2v) is 6.25. The van der Waals surface area contributed by atoms with Crippen molar-refractivity contribution >= 4 is 21.8 Å². The van der Waals surface area contributed by atoms with Gasteiger partial charge in [0.05, 0.1) is 4.47 Å². The molecule has 0 saturated heterocycles. The number of carbonyl (C=O) groups is 1. The zero-order valence-electron chi connectivity index (χ0n) is 11.8. The smallest absolute Gasteiger partial charge is 0.260 e. The highest BCUT2D eigenvalue weighted by Gasteiger charge is 2.18. The van der Waals surface area contributed by atoms with E-state index >= 15 is 0 Å². The number of carbonyl (C=O) groups excluding carboxylic acids is 1. The molecule has 0 aromatic heterocycles. The summed E-state index contributed by atoms with van der Waals surface area (Å²) in [5.74, 6) is 0.478. The molecule has 5 heteroatoms. The number of hydrogen-bond acceptors (Lipinski definition) is 3. The Kier molecular flexibility index (Phi) is 5.38. The van der Waals surface area contributed by atoms with Crippen LogP contribution in [0.4, 0.5) is 0 Å². The summed E-state index contributed by atoms with van der Waals surface area (Å²) in [6.07, 6.45) is -0.568. The second kappa shape index (κ2) is 6.39. The maximum Gasteiger partial charge on any atom is 0.260 e. The largest absolute Gasteiger partial charge is 0.480 e. The number of halogens is 1. The number of nitrogens with two attached hydrogens (primary N) is 1. The minimum Gasteiger partial charge on any atom is -0.480 e. The van der Waals surface area contributed by atoms with Gasteiger partial charge in [0.2, 0.25) is 0 Å². The van der Waals surface area contributed by atoms with Crippen LogP contribution in [-0.4, -0.2) is 24.1 Å².